The molecule has 2 aromatic rings. The topological polar surface area (TPSA) is 123 Å². The first kappa shape index (κ1) is 25.0. The van der Waals surface area contributed by atoms with Gasteiger partial charge in [-0.2, -0.15) is 0 Å². The number of hydrogen-bond donors (Lipinski definition) is 3. The highest BCUT2D eigenvalue weighted by atomic mass is 32.1. The van der Waals surface area contributed by atoms with Crippen LogP contribution in [0, 0.1) is 5.92 Å². The number of guanidine groups is 1. The van der Waals surface area contributed by atoms with Gasteiger partial charge >= 0.3 is 0 Å². The van der Waals surface area contributed by atoms with E-state index in [4.69, 9.17) is 23.7 Å². The van der Waals surface area contributed by atoms with Gasteiger partial charge in [0, 0.05) is 35.3 Å². The number of aromatic nitrogens is 1. The highest BCUT2D eigenvalue weighted by Crippen LogP contribution is 2.29. The van der Waals surface area contributed by atoms with Gasteiger partial charge in [0.15, 0.2) is 11.0 Å². The third kappa shape index (κ3) is 6.68. The molecule has 33 heavy (non-hydrogen) atoms. The Morgan fingerprint density at radius 3 is 2.55 bits per heavy atom. The molecule has 1 aliphatic rings. The van der Waals surface area contributed by atoms with Crippen LogP contribution in [0.15, 0.2) is 46.9 Å². The largest absolute Gasteiger partial charge is 0.370 e. The molecule has 0 spiro atoms. The van der Waals surface area contributed by atoms with Crippen molar-refractivity contribution in [1.29, 1.82) is 0 Å². The van der Waals surface area contributed by atoms with Crippen molar-refractivity contribution < 1.29 is 9.59 Å². The number of thiazole rings is 1. The number of hydrogen-bond acceptors (Lipinski definition) is 6. The third-order valence-electron chi connectivity index (χ3n) is 6.01. The SMILES string of the molecule is NC(N)=NCCC[C@](NC(=O)C1CCCCC1)(C(=O)c1nccs1)C(=S)Cc1ccccc1. The molecule has 5 N–H and O–H groups in total. The molecule has 1 amide bonds. The van der Waals surface area contributed by atoms with Gasteiger partial charge in [0.05, 0.1) is 0 Å². The minimum Gasteiger partial charge on any atom is -0.370 e. The molecule has 1 heterocycles. The lowest BCUT2D eigenvalue weighted by Crippen LogP contribution is -2.61. The predicted octanol–water partition coefficient (Wildman–Crippen LogP) is 3.43. The molecule has 1 aliphatic carbocycles. The van der Waals surface area contributed by atoms with E-state index in [0.29, 0.717) is 35.7 Å². The fourth-order valence-corrected chi connectivity index (χ4v) is 5.31. The van der Waals surface area contributed by atoms with Crippen molar-refractivity contribution in [3.05, 3.63) is 52.5 Å². The summed E-state index contributed by atoms with van der Waals surface area (Å²) >= 11 is 7.15. The lowest BCUT2D eigenvalue weighted by Gasteiger charge is -2.35. The van der Waals surface area contributed by atoms with Crippen LogP contribution >= 0.6 is 23.6 Å². The van der Waals surface area contributed by atoms with Crippen LogP contribution in [0.25, 0.3) is 0 Å². The first-order chi connectivity index (χ1) is 15.9. The number of nitrogens with two attached hydrogens (primary N) is 2. The number of ketones is 1. The summed E-state index contributed by atoms with van der Waals surface area (Å²) in [5, 5.41) is 5.20. The monoisotopic (exact) mass is 485 g/mol. The molecule has 3 rings (SSSR count). The van der Waals surface area contributed by atoms with Gasteiger partial charge in [0.1, 0.15) is 5.54 Å². The summed E-state index contributed by atoms with van der Waals surface area (Å²) in [7, 11) is 0. The summed E-state index contributed by atoms with van der Waals surface area (Å²) in [6.45, 7) is 0.336. The van der Waals surface area contributed by atoms with Crippen LogP contribution in [0.3, 0.4) is 0 Å². The molecule has 9 heteroatoms. The second-order valence-corrected chi connectivity index (χ2v) is 9.78. The van der Waals surface area contributed by atoms with Crippen molar-refractivity contribution in [2.24, 2.45) is 22.4 Å². The van der Waals surface area contributed by atoms with E-state index in [1.54, 1.807) is 11.6 Å². The van der Waals surface area contributed by atoms with Crippen molar-refractivity contribution in [1.82, 2.24) is 10.3 Å². The molecule has 0 bridgehead atoms. The fourth-order valence-electron chi connectivity index (χ4n) is 4.25. The van der Waals surface area contributed by atoms with Gasteiger partial charge in [-0.05, 0) is 31.2 Å². The van der Waals surface area contributed by atoms with Crippen molar-refractivity contribution in [3.8, 4) is 0 Å². The molecule has 1 saturated carbocycles. The Kier molecular flexibility index (Phi) is 9.08. The number of carbonyl (C=O) groups is 2. The van der Waals surface area contributed by atoms with Crippen LogP contribution in [0.1, 0.15) is 60.3 Å². The summed E-state index contributed by atoms with van der Waals surface area (Å²) in [4.78, 5) is 36.0. The Morgan fingerprint density at radius 1 is 1.18 bits per heavy atom. The van der Waals surface area contributed by atoms with Crippen LogP contribution in [0.5, 0.6) is 0 Å². The molecule has 1 aromatic heterocycles. The summed E-state index contributed by atoms with van der Waals surface area (Å²) in [5.74, 6) is -0.506. The number of thiocarbonyl (C=S) groups is 1. The van der Waals surface area contributed by atoms with E-state index in [2.05, 4.69) is 15.3 Å². The first-order valence-corrected chi connectivity index (χ1v) is 12.6. The highest BCUT2D eigenvalue weighted by Gasteiger charge is 2.45. The number of carbonyl (C=O) groups excluding carboxylic acids is 2. The maximum Gasteiger partial charge on any atom is 0.224 e. The molecule has 0 saturated heterocycles. The number of nitrogens with zero attached hydrogens (tertiary/aromatic N) is 2. The number of amides is 1. The summed E-state index contributed by atoms with van der Waals surface area (Å²) < 4.78 is 0. The second kappa shape index (κ2) is 12.0. The molecule has 1 aromatic carbocycles. The molecule has 1 atom stereocenters. The quantitative estimate of drug-likeness (QED) is 0.147. The second-order valence-electron chi connectivity index (χ2n) is 8.39. The molecule has 176 valence electrons. The van der Waals surface area contributed by atoms with Gasteiger partial charge in [0.2, 0.25) is 11.7 Å². The van der Waals surface area contributed by atoms with E-state index in [9.17, 15) is 9.59 Å². The Bertz CT molecular complexity index is 968. The standard InChI is InChI=1S/C24H31N5O2S2/c25-23(26)28-13-7-12-24(20(30)22-27-14-15-33-22,19(32)16-17-8-3-1-4-9-17)29-21(31)18-10-5-2-6-11-18/h1,3-4,8-9,14-15,18H,2,5-7,10-13,16H2,(H,29,31)(H4,25,26,28)/t24-/m1/s1. The number of nitrogens with one attached hydrogen (secondary N) is 1. The molecular formula is C24H31N5O2S2. The summed E-state index contributed by atoms with van der Waals surface area (Å²) in [5.41, 5.74) is 10.6. The normalized spacial score (nSPS) is 15.9. The summed E-state index contributed by atoms with van der Waals surface area (Å²) in [6.07, 6.45) is 7.58. The van der Waals surface area contributed by atoms with Crippen LogP contribution in [-0.4, -0.2) is 39.6 Å². The van der Waals surface area contributed by atoms with E-state index in [1.807, 2.05) is 30.3 Å². The number of benzene rings is 1. The predicted molar refractivity (Wildman–Crippen MR) is 137 cm³/mol. The average molecular weight is 486 g/mol. The van der Waals surface area contributed by atoms with Crippen molar-refractivity contribution in [3.63, 3.8) is 0 Å². The first-order valence-electron chi connectivity index (χ1n) is 11.3. The van der Waals surface area contributed by atoms with Gasteiger partial charge < -0.3 is 16.8 Å². The minimum atomic E-state index is -1.35. The Hall–Kier alpha value is -2.65. The van der Waals surface area contributed by atoms with Gasteiger partial charge in [-0.15, -0.1) is 11.3 Å². The maximum absolute atomic E-state index is 13.9. The number of rotatable bonds is 11. The average Bonchev–Trinajstić information content (AvgIpc) is 3.36. The lowest BCUT2D eigenvalue weighted by atomic mass is 9.80. The van der Waals surface area contributed by atoms with Gasteiger partial charge in [0.25, 0.3) is 0 Å². The molecule has 0 unspecified atom stereocenters. The van der Waals surface area contributed by atoms with Crippen LogP contribution in [0.2, 0.25) is 0 Å². The Morgan fingerprint density at radius 2 is 1.91 bits per heavy atom. The Labute approximate surface area is 204 Å². The third-order valence-corrected chi connectivity index (χ3v) is 7.28. The zero-order chi connectivity index (χ0) is 23.7. The number of aliphatic imine (C=N–C) groups is 1. The molecule has 1 fully saturated rings. The van der Waals surface area contributed by atoms with Crippen LogP contribution in [-0.2, 0) is 11.2 Å². The van der Waals surface area contributed by atoms with Gasteiger partial charge in [-0.3, -0.25) is 14.6 Å². The lowest BCUT2D eigenvalue weighted by molar-refractivity contribution is -0.126. The zero-order valence-electron chi connectivity index (χ0n) is 18.7. The highest BCUT2D eigenvalue weighted by molar-refractivity contribution is 7.80. The van der Waals surface area contributed by atoms with E-state index < -0.39 is 5.54 Å². The Balaban J connectivity index is 1.95. The van der Waals surface area contributed by atoms with Crippen molar-refractivity contribution in [2.45, 2.75) is 56.9 Å². The van der Waals surface area contributed by atoms with Gasteiger partial charge in [-0.1, -0.05) is 61.8 Å². The van der Waals surface area contributed by atoms with Gasteiger partial charge in [-0.25, -0.2) is 4.98 Å². The van der Waals surface area contributed by atoms with Crippen molar-refractivity contribution >= 4 is 46.1 Å². The molecule has 0 radical (unpaired) electrons. The smallest absolute Gasteiger partial charge is 0.224 e. The van der Waals surface area contributed by atoms with E-state index in [-0.39, 0.29) is 23.6 Å². The molecular weight excluding hydrogens is 454 g/mol. The molecule has 0 aliphatic heterocycles. The fraction of sp³-hybridized carbons (Fsp3) is 0.458. The zero-order valence-corrected chi connectivity index (χ0v) is 20.3. The van der Waals surface area contributed by atoms with Crippen molar-refractivity contribution in [2.75, 3.05) is 6.54 Å². The van der Waals surface area contributed by atoms with E-state index in [0.717, 1.165) is 37.7 Å². The summed E-state index contributed by atoms with van der Waals surface area (Å²) in [6, 6.07) is 9.73. The van der Waals surface area contributed by atoms with E-state index >= 15 is 0 Å². The maximum atomic E-state index is 13.9. The van der Waals surface area contributed by atoms with Crippen LogP contribution in [0.4, 0.5) is 0 Å². The molecule has 7 nitrogen and oxygen atoms in total. The minimum absolute atomic E-state index is 0.00930. The number of Topliss-reactive ketones (excluding diaryl/α,β-unsaturated/α-hetero) is 1. The van der Waals surface area contributed by atoms with E-state index in [1.165, 1.54) is 11.3 Å². The van der Waals surface area contributed by atoms with Crippen LogP contribution < -0.4 is 16.8 Å².